The van der Waals surface area contributed by atoms with Crippen LogP contribution in [0.2, 0.25) is 0 Å². The Morgan fingerprint density at radius 3 is 2.92 bits per heavy atom. The van der Waals surface area contributed by atoms with Crippen LogP contribution in [0.25, 0.3) is 11.4 Å². The number of nitrogens with one attached hydrogen (secondary N) is 2. The summed E-state index contributed by atoms with van der Waals surface area (Å²) in [5, 5.41) is 18.3. The molecular weight excluding hydrogens is 386 g/mol. The largest absolute Gasteiger partial charge is 0.482 e. The Labute approximate surface area is 151 Å². The van der Waals surface area contributed by atoms with Gasteiger partial charge in [0.25, 0.3) is 5.91 Å². The first-order chi connectivity index (χ1) is 12.2. The van der Waals surface area contributed by atoms with Gasteiger partial charge in [0, 0.05) is 10.0 Å². The Morgan fingerprint density at radius 1 is 1.28 bits per heavy atom. The van der Waals surface area contributed by atoms with Crippen LogP contribution >= 0.6 is 15.9 Å². The Balaban J connectivity index is 1.61. The van der Waals surface area contributed by atoms with E-state index < -0.39 is 5.91 Å². The number of para-hydroxylation sites is 1. The number of nitrogens with zero attached hydrogens (tertiary/aromatic N) is 3. The number of benzene rings is 2. The maximum Gasteiger partial charge on any atom is 0.264 e. The first-order valence-corrected chi connectivity index (χ1v) is 8.05. The average molecular weight is 398 g/mol. The second kappa shape index (κ2) is 7.59. The first kappa shape index (κ1) is 16.7. The van der Waals surface area contributed by atoms with E-state index in [9.17, 15) is 4.79 Å². The fourth-order valence-corrected chi connectivity index (χ4v) is 2.47. The molecule has 0 atom stereocenters. The first-order valence-electron chi connectivity index (χ1n) is 7.26. The zero-order valence-corrected chi connectivity index (χ0v) is 14.4. The zero-order chi connectivity index (χ0) is 17.6. The predicted molar refractivity (Wildman–Crippen MR) is 94.8 cm³/mol. The van der Waals surface area contributed by atoms with Gasteiger partial charge in [0.05, 0.1) is 5.56 Å². The molecule has 0 bridgehead atoms. The number of ether oxygens (including phenoxy) is 1. The van der Waals surface area contributed by atoms with Gasteiger partial charge < -0.3 is 4.74 Å². The number of carbonyl (C=O) groups is 1. The molecule has 0 fully saturated rings. The summed E-state index contributed by atoms with van der Waals surface area (Å²) in [6.07, 6.45) is 0. The summed E-state index contributed by atoms with van der Waals surface area (Å²) < 4.78 is 6.28. The molecule has 1 heterocycles. The monoisotopic (exact) mass is 397 g/mol. The van der Waals surface area contributed by atoms with Gasteiger partial charge in [-0.15, -0.1) is 5.10 Å². The molecule has 124 valence electrons. The van der Waals surface area contributed by atoms with Crippen LogP contribution in [-0.4, -0.2) is 27.7 Å². The molecule has 3 aromatic rings. The molecule has 2 aromatic carbocycles. The van der Waals surface area contributed by atoms with Crippen LogP contribution in [0.5, 0.6) is 5.75 Å². The van der Waals surface area contributed by atoms with E-state index in [4.69, 9.17) is 10.00 Å². The molecule has 0 radical (unpaired) electrons. The Hall–Kier alpha value is -3.18. The summed E-state index contributed by atoms with van der Waals surface area (Å²) in [5.74, 6) is 0.613. The molecule has 0 saturated carbocycles. The highest BCUT2D eigenvalue weighted by molar-refractivity contribution is 9.10. The van der Waals surface area contributed by atoms with Crippen LogP contribution in [0.4, 0.5) is 5.95 Å². The average Bonchev–Trinajstić information content (AvgIpc) is 3.08. The van der Waals surface area contributed by atoms with Crippen molar-refractivity contribution >= 4 is 27.8 Å². The van der Waals surface area contributed by atoms with Crippen LogP contribution in [0, 0.1) is 11.3 Å². The SMILES string of the molecule is N#Cc1ccccc1OCC(=O)Nc1n[nH]c(-c2cccc(Br)c2)n1. The number of carbonyl (C=O) groups excluding carboxylic acids is 1. The van der Waals surface area contributed by atoms with Crippen molar-refractivity contribution in [3.05, 3.63) is 58.6 Å². The maximum absolute atomic E-state index is 12.0. The van der Waals surface area contributed by atoms with Gasteiger partial charge in [0.1, 0.15) is 11.8 Å². The normalized spacial score (nSPS) is 10.1. The quantitative estimate of drug-likeness (QED) is 0.687. The number of hydrogen-bond acceptors (Lipinski definition) is 5. The van der Waals surface area contributed by atoms with Gasteiger partial charge in [0.2, 0.25) is 5.95 Å². The second-order valence-electron chi connectivity index (χ2n) is 4.96. The fourth-order valence-electron chi connectivity index (χ4n) is 2.07. The van der Waals surface area contributed by atoms with Gasteiger partial charge in [-0.25, -0.2) is 0 Å². The van der Waals surface area contributed by atoms with Crippen molar-refractivity contribution in [3.63, 3.8) is 0 Å². The molecule has 1 amide bonds. The smallest absolute Gasteiger partial charge is 0.264 e. The molecule has 0 aliphatic rings. The van der Waals surface area contributed by atoms with E-state index in [-0.39, 0.29) is 12.6 Å². The van der Waals surface area contributed by atoms with E-state index in [2.05, 4.69) is 36.4 Å². The van der Waals surface area contributed by atoms with Crippen molar-refractivity contribution in [2.24, 2.45) is 0 Å². The van der Waals surface area contributed by atoms with Crippen LogP contribution in [0.3, 0.4) is 0 Å². The van der Waals surface area contributed by atoms with Crippen molar-refractivity contribution in [1.29, 1.82) is 5.26 Å². The molecule has 0 aliphatic heterocycles. The zero-order valence-electron chi connectivity index (χ0n) is 12.9. The highest BCUT2D eigenvalue weighted by Gasteiger charge is 2.11. The van der Waals surface area contributed by atoms with E-state index in [1.54, 1.807) is 24.3 Å². The number of H-pyrrole nitrogens is 1. The number of amides is 1. The summed E-state index contributed by atoms with van der Waals surface area (Å²) in [6, 6.07) is 16.2. The molecule has 8 heteroatoms. The molecule has 25 heavy (non-hydrogen) atoms. The van der Waals surface area contributed by atoms with E-state index in [1.807, 2.05) is 30.3 Å². The van der Waals surface area contributed by atoms with Crippen LogP contribution in [0.15, 0.2) is 53.0 Å². The minimum atomic E-state index is -0.424. The number of halogens is 1. The van der Waals surface area contributed by atoms with Crippen LogP contribution < -0.4 is 10.1 Å². The van der Waals surface area contributed by atoms with Crippen molar-refractivity contribution in [1.82, 2.24) is 15.2 Å². The lowest BCUT2D eigenvalue weighted by Crippen LogP contribution is -2.21. The van der Waals surface area contributed by atoms with E-state index in [0.29, 0.717) is 17.1 Å². The Kier molecular flexibility index (Phi) is 5.06. The topological polar surface area (TPSA) is 104 Å². The van der Waals surface area contributed by atoms with Crippen LogP contribution in [-0.2, 0) is 4.79 Å². The molecule has 0 spiro atoms. The number of nitriles is 1. The summed E-state index contributed by atoms with van der Waals surface area (Å²) >= 11 is 3.39. The molecule has 7 nitrogen and oxygen atoms in total. The van der Waals surface area contributed by atoms with Gasteiger partial charge in [-0.3, -0.25) is 15.2 Å². The highest BCUT2D eigenvalue weighted by atomic mass is 79.9. The molecule has 3 rings (SSSR count). The number of anilines is 1. The lowest BCUT2D eigenvalue weighted by molar-refractivity contribution is -0.118. The third-order valence-electron chi connectivity index (χ3n) is 3.20. The number of rotatable bonds is 5. The van der Waals surface area contributed by atoms with Gasteiger partial charge in [-0.05, 0) is 24.3 Å². The summed E-state index contributed by atoms with van der Waals surface area (Å²) in [6.45, 7) is -0.251. The van der Waals surface area contributed by atoms with Gasteiger partial charge in [0.15, 0.2) is 12.4 Å². The van der Waals surface area contributed by atoms with Crippen molar-refractivity contribution in [2.45, 2.75) is 0 Å². The van der Waals surface area contributed by atoms with E-state index >= 15 is 0 Å². The Bertz CT molecular complexity index is 948. The lowest BCUT2D eigenvalue weighted by Gasteiger charge is -2.06. The third-order valence-corrected chi connectivity index (χ3v) is 3.69. The number of hydrogen-bond donors (Lipinski definition) is 2. The molecule has 0 aliphatic carbocycles. The van der Waals surface area contributed by atoms with Crippen molar-refractivity contribution < 1.29 is 9.53 Å². The number of aromatic amines is 1. The fraction of sp³-hybridized carbons (Fsp3) is 0.0588. The highest BCUT2D eigenvalue weighted by Crippen LogP contribution is 2.20. The van der Waals surface area contributed by atoms with Gasteiger partial charge in [-0.1, -0.05) is 40.2 Å². The molecule has 2 N–H and O–H groups in total. The van der Waals surface area contributed by atoms with Gasteiger partial charge >= 0.3 is 0 Å². The van der Waals surface area contributed by atoms with Crippen molar-refractivity contribution in [3.8, 4) is 23.2 Å². The second-order valence-corrected chi connectivity index (χ2v) is 5.88. The van der Waals surface area contributed by atoms with Gasteiger partial charge in [-0.2, -0.15) is 10.2 Å². The summed E-state index contributed by atoms with van der Waals surface area (Å²) in [4.78, 5) is 16.2. The van der Waals surface area contributed by atoms with Crippen molar-refractivity contribution in [2.75, 3.05) is 11.9 Å². The Morgan fingerprint density at radius 2 is 2.12 bits per heavy atom. The molecule has 1 aromatic heterocycles. The van der Waals surface area contributed by atoms with E-state index in [1.165, 1.54) is 0 Å². The third kappa shape index (κ3) is 4.22. The molecular formula is C17H12BrN5O2. The minimum Gasteiger partial charge on any atom is -0.482 e. The summed E-state index contributed by atoms with van der Waals surface area (Å²) in [5.41, 5.74) is 1.20. The summed E-state index contributed by atoms with van der Waals surface area (Å²) in [7, 11) is 0. The maximum atomic E-state index is 12.0. The minimum absolute atomic E-state index is 0.150. The predicted octanol–water partition coefficient (Wildman–Crippen LogP) is 3.12. The lowest BCUT2D eigenvalue weighted by atomic mass is 10.2. The molecule has 0 unspecified atom stereocenters. The van der Waals surface area contributed by atoms with Crippen LogP contribution in [0.1, 0.15) is 5.56 Å². The standard InChI is InChI=1S/C17H12BrN5O2/c18-13-6-3-5-11(8-13)16-21-17(23-22-16)20-15(24)10-25-14-7-2-1-4-12(14)9-19/h1-8H,10H2,(H2,20,21,22,23,24). The molecule has 0 saturated heterocycles. The van der Waals surface area contributed by atoms with E-state index in [0.717, 1.165) is 10.0 Å². The number of aromatic nitrogens is 3.